The third-order valence-corrected chi connectivity index (χ3v) is 2.33. The summed E-state index contributed by atoms with van der Waals surface area (Å²) in [7, 11) is 0. The van der Waals surface area contributed by atoms with E-state index in [1.54, 1.807) is 0 Å². The van der Waals surface area contributed by atoms with Crippen molar-refractivity contribution in [3.63, 3.8) is 0 Å². The fourth-order valence-electron chi connectivity index (χ4n) is 1.59. The van der Waals surface area contributed by atoms with E-state index in [1.165, 1.54) is 16.0 Å². The van der Waals surface area contributed by atoms with Gasteiger partial charge in [-0.3, -0.25) is 0 Å². The van der Waals surface area contributed by atoms with E-state index in [2.05, 4.69) is 42.5 Å². The van der Waals surface area contributed by atoms with Gasteiger partial charge in [0.15, 0.2) is 0 Å². The zero-order chi connectivity index (χ0) is 9.80. The van der Waals surface area contributed by atoms with Crippen LogP contribution in [-0.2, 0) is 4.79 Å². The Morgan fingerprint density at radius 2 is 2.14 bits per heavy atom. The molecule has 0 atom stereocenters. The maximum absolute atomic E-state index is 10.1. The SMILES string of the molecule is O=CCCC=c1ccc2c(c1)C=CC=2. The van der Waals surface area contributed by atoms with Gasteiger partial charge in [-0.25, -0.2) is 0 Å². The summed E-state index contributed by atoms with van der Waals surface area (Å²) in [5.41, 5.74) is 1.27. The van der Waals surface area contributed by atoms with Crippen LogP contribution in [0.25, 0.3) is 18.2 Å². The first kappa shape index (κ1) is 8.95. The Labute approximate surface area is 83.1 Å². The highest BCUT2D eigenvalue weighted by atomic mass is 16.1. The van der Waals surface area contributed by atoms with Crippen LogP contribution < -0.4 is 10.4 Å². The van der Waals surface area contributed by atoms with E-state index in [0.717, 1.165) is 12.7 Å². The van der Waals surface area contributed by atoms with Crippen molar-refractivity contribution in [2.24, 2.45) is 0 Å². The van der Waals surface area contributed by atoms with Crippen molar-refractivity contribution in [1.29, 1.82) is 0 Å². The summed E-state index contributed by atoms with van der Waals surface area (Å²) in [5.74, 6) is 0. The standard InChI is InChI=1S/C13H12O/c14-9-2-1-4-11-7-8-12-5-3-6-13(12)10-11/h3-10H,1-2H2. The number of unbranched alkanes of at least 4 members (excludes halogenated alkanes) is 1. The van der Waals surface area contributed by atoms with E-state index in [9.17, 15) is 4.79 Å². The number of rotatable bonds is 3. The molecule has 0 bridgehead atoms. The molecule has 0 N–H and O–H groups in total. The quantitative estimate of drug-likeness (QED) is 0.510. The van der Waals surface area contributed by atoms with Crippen molar-refractivity contribution in [2.75, 3.05) is 0 Å². The minimum Gasteiger partial charge on any atom is -0.303 e. The zero-order valence-corrected chi connectivity index (χ0v) is 7.94. The fourth-order valence-corrected chi connectivity index (χ4v) is 1.59. The molecule has 0 fully saturated rings. The van der Waals surface area contributed by atoms with Crippen molar-refractivity contribution < 1.29 is 4.79 Å². The Morgan fingerprint density at radius 3 is 3.00 bits per heavy atom. The number of carbonyl (C=O) groups is 1. The third kappa shape index (κ3) is 1.82. The first-order chi connectivity index (χ1) is 6.90. The Morgan fingerprint density at radius 1 is 1.21 bits per heavy atom. The van der Waals surface area contributed by atoms with Gasteiger partial charge in [-0.05, 0) is 28.5 Å². The van der Waals surface area contributed by atoms with Crippen LogP contribution in [0.2, 0.25) is 0 Å². The minimum absolute atomic E-state index is 0.610. The van der Waals surface area contributed by atoms with Crippen LogP contribution in [0.5, 0.6) is 0 Å². The molecule has 0 spiro atoms. The zero-order valence-electron chi connectivity index (χ0n) is 7.94. The van der Waals surface area contributed by atoms with Gasteiger partial charge in [-0.15, -0.1) is 0 Å². The number of hydrogen-bond donors (Lipinski definition) is 0. The Kier molecular flexibility index (Phi) is 2.59. The molecule has 1 heteroatoms. The number of allylic oxidation sites excluding steroid dienone is 1. The maximum atomic E-state index is 10.1. The van der Waals surface area contributed by atoms with E-state index >= 15 is 0 Å². The van der Waals surface area contributed by atoms with E-state index in [1.807, 2.05) is 0 Å². The summed E-state index contributed by atoms with van der Waals surface area (Å²) < 4.78 is 0. The first-order valence-electron chi connectivity index (χ1n) is 4.82. The molecule has 1 aromatic carbocycles. The lowest BCUT2D eigenvalue weighted by Crippen LogP contribution is -2.09. The van der Waals surface area contributed by atoms with Gasteiger partial charge in [-0.1, -0.05) is 36.4 Å². The van der Waals surface area contributed by atoms with Gasteiger partial charge in [0, 0.05) is 6.42 Å². The van der Waals surface area contributed by atoms with Crippen LogP contribution in [0, 0.1) is 0 Å². The average molecular weight is 184 g/mol. The molecule has 2 rings (SSSR count). The highest BCUT2D eigenvalue weighted by Gasteiger charge is 1.94. The van der Waals surface area contributed by atoms with Gasteiger partial charge in [0.2, 0.25) is 0 Å². The van der Waals surface area contributed by atoms with Gasteiger partial charge < -0.3 is 4.79 Å². The van der Waals surface area contributed by atoms with Crippen LogP contribution in [0.4, 0.5) is 0 Å². The molecule has 0 heterocycles. The molecule has 0 amide bonds. The van der Waals surface area contributed by atoms with Crippen LogP contribution in [0.15, 0.2) is 24.3 Å². The van der Waals surface area contributed by atoms with Crippen LogP contribution >= 0.6 is 0 Å². The summed E-state index contributed by atoms with van der Waals surface area (Å²) in [6.45, 7) is 0. The normalized spacial score (nSPS) is 13.9. The molecule has 1 aliphatic rings. The topological polar surface area (TPSA) is 17.1 Å². The Hall–Kier alpha value is -1.63. The monoisotopic (exact) mass is 184 g/mol. The number of aldehydes is 1. The number of benzene rings is 1. The molecule has 1 aliphatic carbocycles. The number of hydrogen-bond acceptors (Lipinski definition) is 1. The van der Waals surface area contributed by atoms with Crippen molar-refractivity contribution >= 4 is 24.5 Å². The first-order valence-corrected chi connectivity index (χ1v) is 4.82. The second kappa shape index (κ2) is 4.05. The van der Waals surface area contributed by atoms with Gasteiger partial charge in [0.05, 0.1) is 0 Å². The molecule has 0 aromatic heterocycles. The van der Waals surface area contributed by atoms with E-state index in [4.69, 9.17) is 0 Å². The predicted molar refractivity (Wildman–Crippen MR) is 59.0 cm³/mol. The second-order valence-electron chi connectivity index (χ2n) is 3.36. The van der Waals surface area contributed by atoms with Crippen molar-refractivity contribution in [3.05, 3.63) is 40.3 Å². The lowest BCUT2D eigenvalue weighted by molar-refractivity contribution is -0.107. The molecule has 70 valence electrons. The fraction of sp³-hybridized carbons (Fsp3) is 0.154. The van der Waals surface area contributed by atoms with Crippen LogP contribution in [-0.4, -0.2) is 6.29 Å². The number of carbonyl (C=O) groups excluding carboxylic acids is 1. The molecule has 1 nitrogen and oxygen atoms in total. The van der Waals surface area contributed by atoms with Gasteiger partial charge in [0.25, 0.3) is 0 Å². The molecule has 0 radical (unpaired) electrons. The second-order valence-corrected chi connectivity index (χ2v) is 3.36. The molecule has 0 saturated carbocycles. The van der Waals surface area contributed by atoms with Gasteiger partial charge in [-0.2, -0.15) is 0 Å². The van der Waals surface area contributed by atoms with Crippen LogP contribution in [0.3, 0.4) is 0 Å². The van der Waals surface area contributed by atoms with Gasteiger partial charge in [0.1, 0.15) is 6.29 Å². The van der Waals surface area contributed by atoms with Crippen molar-refractivity contribution in [2.45, 2.75) is 12.8 Å². The Bertz CT molecular complexity index is 480. The molecular weight excluding hydrogens is 172 g/mol. The van der Waals surface area contributed by atoms with E-state index in [-0.39, 0.29) is 0 Å². The minimum atomic E-state index is 0.610. The average Bonchev–Trinajstić information content (AvgIpc) is 2.65. The molecular formula is C13H12O. The molecule has 0 unspecified atom stereocenters. The predicted octanol–water partition coefficient (Wildman–Crippen LogP) is 1.25. The van der Waals surface area contributed by atoms with E-state index in [0.29, 0.717) is 6.42 Å². The van der Waals surface area contributed by atoms with Crippen LogP contribution in [0.1, 0.15) is 18.4 Å². The highest BCUT2D eigenvalue weighted by molar-refractivity contribution is 5.66. The smallest absolute Gasteiger partial charge is 0.120 e. The Balaban J connectivity index is 2.29. The van der Waals surface area contributed by atoms with Crippen molar-refractivity contribution in [1.82, 2.24) is 0 Å². The summed E-state index contributed by atoms with van der Waals surface area (Å²) in [5, 5.41) is 2.48. The lowest BCUT2D eigenvalue weighted by Gasteiger charge is -1.92. The summed E-state index contributed by atoms with van der Waals surface area (Å²) >= 11 is 0. The largest absolute Gasteiger partial charge is 0.303 e. The molecule has 1 aromatic rings. The van der Waals surface area contributed by atoms with Gasteiger partial charge >= 0.3 is 0 Å². The van der Waals surface area contributed by atoms with Crippen molar-refractivity contribution in [3.8, 4) is 0 Å². The third-order valence-electron chi connectivity index (χ3n) is 2.33. The maximum Gasteiger partial charge on any atom is 0.120 e. The lowest BCUT2D eigenvalue weighted by atomic mass is 10.1. The summed E-state index contributed by atoms with van der Waals surface area (Å²) in [6, 6.07) is 6.36. The number of fused-ring (bicyclic) bond motifs is 1. The molecule has 0 saturated heterocycles. The van der Waals surface area contributed by atoms with E-state index < -0.39 is 0 Å². The molecule has 14 heavy (non-hydrogen) atoms. The summed E-state index contributed by atoms with van der Waals surface area (Å²) in [4.78, 5) is 10.1. The molecule has 0 aliphatic heterocycles. The summed E-state index contributed by atoms with van der Waals surface area (Å²) in [6.07, 6.45) is 10.8. The highest BCUT2D eigenvalue weighted by Crippen LogP contribution is 1.98.